The van der Waals surface area contributed by atoms with E-state index >= 15 is 0 Å². The molecule has 1 amide bonds. The van der Waals surface area contributed by atoms with Crippen LogP contribution >= 0.6 is 11.6 Å². The lowest BCUT2D eigenvalue weighted by molar-refractivity contribution is -0.155. The number of nitrogens with zero attached hydrogens (tertiary/aromatic N) is 1. The molecule has 0 spiro atoms. The minimum atomic E-state index is -0.929. The van der Waals surface area contributed by atoms with E-state index in [2.05, 4.69) is 0 Å². The summed E-state index contributed by atoms with van der Waals surface area (Å²) in [6.07, 6.45) is -0.548. The average molecular weight is 284 g/mol. The van der Waals surface area contributed by atoms with Gasteiger partial charge in [0.15, 0.2) is 0 Å². The Bertz CT molecular complexity index is 491. The second kappa shape index (κ2) is 6.04. The van der Waals surface area contributed by atoms with E-state index in [0.29, 0.717) is 11.6 Å². The molecule has 0 radical (unpaired) electrons. The molecule has 5 nitrogen and oxygen atoms in total. The number of carboxylic acids is 1. The topological polar surface area (TPSA) is 66.8 Å². The number of morpholine rings is 1. The van der Waals surface area contributed by atoms with Crippen LogP contribution in [0.15, 0.2) is 24.3 Å². The average Bonchev–Trinajstić information content (AvgIpc) is 2.33. The van der Waals surface area contributed by atoms with Crippen LogP contribution in [-0.2, 0) is 20.9 Å². The number of benzene rings is 1. The number of ether oxygens (including phenoxy) is 1. The first-order valence-electron chi connectivity index (χ1n) is 5.90. The number of carbonyl (C=O) groups excluding carboxylic acids is 1. The van der Waals surface area contributed by atoms with Gasteiger partial charge in [0.05, 0.1) is 12.5 Å². The molecule has 1 heterocycles. The van der Waals surface area contributed by atoms with E-state index in [1.165, 1.54) is 0 Å². The zero-order valence-electron chi connectivity index (χ0n) is 10.2. The quantitative estimate of drug-likeness (QED) is 0.910. The summed E-state index contributed by atoms with van der Waals surface area (Å²) in [5, 5.41) is 9.35. The molecule has 1 fully saturated rings. The number of halogens is 1. The largest absolute Gasteiger partial charge is 0.481 e. The SMILES string of the molecule is O=C(O)CC1CN(Cc2cccc(Cl)c2)C(=O)CO1. The lowest BCUT2D eigenvalue weighted by Gasteiger charge is -2.32. The van der Waals surface area contributed by atoms with Gasteiger partial charge in [-0.1, -0.05) is 23.7 Å². The molecule has 1 aliphatic heterocycles. The first kappa shape index (κ1) is 13.8. The maximum Gasteiger partial charge on any atom is 0.306 e. The van der Waals surface area contributed by atoms with Gasteiger partial charge in [0, 0.05) is 18.1 Å². The monoisotopic (exact) mass is 283 g/mol. The summed E-state index contributed by atoms with van der Waals surface area (Å²) in [7, 11) is 0. The molecular weight excluding hydrogens is 270 g/mol. The van der Waals surface area contributed by atoms with Crippen molar-refractivity contribution in [1.82, 2.24) is 4.90 Å². The van der Waals surface area contributed by atoms with Gasteiger partial charge < -0.3 is 14.7 Å². The molecule has 0 aliphatic carbocycles. The maximum atomic E-state index is 11.7. The first-order chi connectivity index (χ1) is 9.04. The standard InChI is InChI=1S/C13H14ClNO4/c14-10-3-1-2-9(4-10)6-15-7-11(5-13(17)18)19-8-12(15)16/h1-4,11H,5-8H2,(H,17,18). The fourth-order valence-corrected chi connectivity index (χ4v) is 2.22. The van der Waals surface area contributed by atoms with Crippen molar-refractivity contribution >= 4 is 23.5 Å². The molecule has 1 atom stereocenters. The number of carbonyl (C=O) groups is 2. The van der Waals surface area contributed by atoms with E-state index in [1.807, 2.05) is 12.1 Å². The van der Waals surface area contributed by atoms with Gasteiger partial charge in [-0.3, -0.25) is 9.59 Å². The fraction of sp³-hybridized carbons (Fsp3) is 0.385. The van der Waals surface area contributed by atoms with Crippen LogP contribution in [0.1, 0.15) is 12.0 Å². The number of rotatable bonds is 4. The molecule has 1 aliphatic rings. The normalized spacial score (nSPS) is 19.5. The highest BCUT2D eigenvalue weighted by Gasteiger charge is 2.27. The molecule has 0 bridgehead atoms. The van der Waals surface area contributed by atoms with Crippen LogP contribution in [0.25, 0.3) is 0 Å². The molecule has 1 aromatic rings. The third-order valence-corrected chi connectivity index (χ3v) is 3.12. The maximum absolute atomic E-state index is 11.7. The Kier molecular flexibility index (Phi) is 4.39. The number of hydrogen-bond acceptors (Lipinski definition) is 3. The molecule has 1 N–H and O–H groups in total. The van der Waals surface area contributed by atoms with Crippen molar-refractivity contribution in [3.8, 4) is 0 Å². The van der Waals surface area contributed by atoms with Crippen LogP contribution in [0, 0.1) is 0 Å². The molecule has 102 valence electrons. The zero-order valence-corrected chi connectivity index (χ0v) is 11.0. The Hall–Kier alpha value is -1.59. The van der Waals surface area contributed by atoms with E-state index in [-0.39, 0.29) is 25.5 Å². The third-order valence-electron chi connectivity index (χ3n) is 2.88. The number of hydrogen-bond donors (Lipinski definition) is 1. The number of carboxylic acid groups (broad SMARTS) is 1. The van der Waals surface area contributed by atoms with Gasteiger partial charge in [0.2, 0.25) is 5.91 Å². The molecule has 0 saturated carbocycles. The van der Waals surface area contributed by atoms with Gasteiger partial charge in [-0.15, -0.1) is 0 Å². The second-order valence-corrected chi connectivity index (χ2v) is 4.87. The van der Waals surface area contributed by atoms with Crippen molar-refractivity contribution < 1.29 is 19.4 Å². The van der Waals surface area contributed by atoms with Crippen LogP contribution in [0.4, 0.5) is 0 Å². The summed E-state index contributed by atoms with van der Waals surface area (Å²) in [5.41, 5.74) is 0.914. The van der Waals surface area contributed by atoms with Crippen molar-refractivity contribution in [2.75, 3.05) is 13.2 Å². The van der Waals surface area contributed by atoms with E-state index in [4.69, 9.17) is 21.4 Å². The Morgan fingerprint density at radius 3 is 3.00 bits per heavy atom. The van der Waals surface area contributed by atoms with Gasteiger partial charge in [-0.25, -0.2) is 0 Å². The highest BCUT2D eigenvalue weighted by Crippen LogP contribution is 2.16. The summed E-state index contributed by atoms with van der Waals surface area (Å²) in [4.78, 5) is 24.0. The predicted octanol–water partition coefficient (Wildman–Crippen LogP) is 1.54. The first-order valence-corrected chi connectivity index (χ1v) is 6.28. The Morgan fingerprint density at radius 2 is 2.32 bits per heavy atom. The fourth-order valence-electron chi connectivity index (χ4n) is 2.01. The van der Waals surface area contributed by atoms with Crippen LogP contribution in [0.3, 0.4) is 0 Å². The van der Waals surface area contributed by atoms with Crippen LogP contribution < -0.4 is 0 Å². The van der Waals surface area contributed by atoms with Crippen molar-refractivity contribution in [3.05, 3.63) is 34.9 Å². The Balaban J connectivity index is 2.01. The molecule has 1 saturated heterocycles. The van der Waals surface area contributed by atoms with Crippen LogP contribution in [0.5, 0.6) is 0 Å². The van der Waals surface area contributed by atoms with Crippen molar-refractivity contribution in [2.24, 2.45) is 0 Å². The number of aliphatic carboxylic acids is 1. The minimum absolute atomic E-state index is 0.0709. The molecule has 0 aromatic heterocycles. The highest BCUT2D eigenvalue weighted by atomic mass is 35.5. The Labute approximate surface area is 115 Å². The van der Waals surface area contributed by atoms with Crippen molar-refractivity contribution in [2.45, 2.75) is 19.1 Å². The van der Waals surface area contributed by atoms with E-state index < -0.39 is 12.1 Å². The second-order valence-electron chi connectivity index (χ2n) is 4.44. The van der Waals surface area contributed by atoms with Gasteiger partial charge in [-0.2, -0.15) is 0 Å². The molecule has 1 unspecified atom stereocenters. The molecule has 6 heteroatoms. The molecule has 1 aromatic carbocycles. The molecule has 2 rings (SSSR count). The van der Waals surface area contributed by atoms with E-state index in [1.54, 1.807) is 17.0 Å². The lowest BCUT2D eigenvalue weighted by atomic mass is 10.1. The Morgan fingerprint density at radius 1 is 1.53 bits per heavy atom. The predicted molar refractivity (Wildman–Crippen MR) is 68.9 cm³/mol. The zero-order chi connectivity index (χ0) is 13.8. The van der Waals surface area contributed by atoms with E-state index in [9.17, 15) is 9.59 Å². The van der Waals surface area contributed by atoms with Gasteiger partial charge in [0.1, 0.15) is 6.61 Å². The minimum Gasteiger partial charge on any atom is -0.481 e. The lowest BCUT2D eigenvalue weighted by Crippen LogP contribution is -2.46. The van der Waals surface area contributed by atoms with Gasteiger partial charge >= 0.3 is 5.97 Å². The van der Waals surface area contributed by atoms with E-state index in [0.717, 1.165) is 5.56 Å². The summed E-state index contributed by atoms with van der Waals surface area (Å²) in [6, 6.07) is 7.24. The third kappa shape index (κ3) is 3.94. The van der Waals surface area contributed by atoms with Crippen LogP contribution in [-0.4, -0.2) is 41.1 Å². The molecule has 19 heavy (non-hydrogen) atoms. The van der Waals surface area contributed by atoms with Gasteiger partial charge in [0.25, 0.3) is 0 Å². The summed E-state index contributed by atoms with van der Waals surface area (Å²) in [5.74, 6) is -1.07. The number of amides is 1. The van der Waals surface area contributed by atoms with Crippen molar-refractivity contribution in [1.29, 1.82) is 0 Å². The smallest absolute Gasteiger partial charge is 0.306 e. The summed E-state index contributed by atoms with van der Waals surface area (Å²) in [6.45, 7) is 0.634. The highest BCUT2D eigenvalue weighted by molar-refractivity contribution is 6.30. The summed E-state index contributed by atoms with van der Waals surface area (Å²) < 4.78 is 5.19. The molecular formula is C13H14ClNO4. The van der Waals surface area contributed by atoms with Gasteiger partial charge in [-0.05, 0) is 17.7 Å². The van der Waals surface area contributed by atoms with Crippen LogP contribution in [0.2, 0.25) is 5.02 Å². The van der Waals surface area contributed by atoms with Crippen molar-refractivity contribution in [3.63, 3.8) is 0 Å². The summed E-state index contributed by atoms with van der Waals surface area (Å²) >= 11 is 5.89.